The van der Waals surface area contributed by atoms with Crippen molar-refractivity contribution in [2.75, 3.05) is 30.8 Å². The van der Waals surface area contributed by atoms with Gasteiger partial charge in [0, 0.05) is 18.3 Å². The van der Waals surface area contributed by atoms with Gasteiger partial charge in [-0.1, -0.05) is 0 Å². The van der Waals surface area contributed by atoms with Gasteiger partial charge < -0.3 is 15.8 Å². The Kier molecular flexibility index (Phi) is 4.84. The predicted octanol–water partition coefficient (Wildman–Crippen LogP) is 1.06. The molecule has 0 spiro atoms. The summed E-state index contributed by atoms with van der Waals surface area (Å²) in [6.45, 7) is 1.82. The molecule has 3 N–H and O–H groups in total. The zero-order valence-electron chi connectivity index (χ0n) is 8.91. The largest absolute Gasteiger partial charge is 0.374 e. The molecule has 1 aromatic rings. The van der Waals surface area contributed by atoms with Crippen molar-refractivity contribution < 1.29 is 13.5 Å². The van der Waals surface area contributed by atoms with Crippen LogP contribution in [0.4, 0.5) is 20.5 Å². The second-order valence-corrected chi connectivity index (χ2v) is 3.15. The van der Waals surface area contributed by atoms with Crippen LogP contribution in [0.25, 0.3) is 0 Å². The Morgan fingerprint density at radius 1 is 1.50 bits per heavy atom. The fourth-order valence-electron chi connectivity index (χ4n) is 1.11. The molecule has 0 saturated heterocycles. The minimum atomic E-state index is -2.43. The van der Waals surface area contributed by atoms with Crippen molar-refractivity contribution in [2.24, 2.45) is 0 Å². The predicted molar refractivity (Wildman–Crippen MR) is 56.5 cm³/mol. The molecule has 0 unspecified atom stereocenters. The number of aryl methyl sites for hydroxylation is 1. The highest BCUT2D eigenvalue weighted by atomic mass is 19.3. The normalized spacial score (nSPS) is 10.8. The van der Waals surface area contributed by atoms with Gasteiger partial charge in [0.15, 0.2) is 0 Å². The van der Waals surface area contributed by atoms with Gasteiger partial charge in [-0.3, -0.25) is 0 Å². The first-order chi connectivity index (χ1) is 7.58. The highest BCUT2D eigenvalue weighted by Gasteiger charge is 2.01. The molecule has 0 saturated carbocycles. The summed E-state index contributed by atoms with van der Waals surface area (Å²) >= 11 is 0. The van der Waals surface area contributed by atoms with Crippen LogP contribution in [0.5, 0.6) is 0 Å². The second kappa shape index (κ2) is 6.16. The number of rotatable bonds is 6. The first-order valence-corrected chi connectivity index (χ1v) is 4.79. The van der Waals surface area contributed by atoms with E-state index in [4.69, 9.17) is 10.5 Å². The quantitative estimate of drug-likeness (QED) is 0.717. The molecule has 0 aliphatic rings. The number of hydrogen-bond donors (Lipinski definition) is 2. The van der Waals surface area contributed by atoms with Crippen molar-refractivity contribution in [3.63, 3.8) is 0 Å². The van der Waals surface area contributed by atoms with E-state index in [-0.39, 0.29) is 12.6 Å². The lowest BCUT2D eigenvalue weighted by Crippen LogP contribution is -2.14. The molecule has 7 heteroatoms. The zero-order valence-corrected chi connectivity index (χ0v) is 8.91. The summed E-state index contributed by atoms with van der Waals surface area (Å²) in [5, 5.41) is 2.90. The Hall–Kier alpha value is -1.50. The molecule has 1 rings (SSSR count). The molecular formula is C9H14F2N4O. The molecule has 0 fully saturated rings. The molecule has 1 heterocycles. The van der Waals surface area contributed by atoms with Crippen LogP contribution in [0.1, 0.15) is 5.69 Å². The van der Waals surface area contributed by atoms with Gasteiger partial charge in [-0.05, 0) is 6.92 Å². The third-order valence-corrected chi connectivity index (χ3v) is 1.67. The number of ether oxygens (including phenoxy) is 1. The van der Waals surface area contributed by atoms with Crippen molar-refractivity contribution in [3.05, 3.63) is 11.8 Å². The van der Waals surface area contributed by atoms with Gasteiger partial charge in [-0.15, -0.1) is 0 Å². The van der Waals surface area contributed by atoms with Gasteiger partial charge in [-0.2, -0.15) is 4.98 Å². The first-order valence-electron chi connectivity index (χ1n) is 4.79. The van der Waals surface area contributed by atoms with E-state index in [1.807, 2.05) is 0 Å². The van der Waals surface area contributed by atoms with Crippen molar-refractivity contribution in [2.45, 2.75) is 13.3 Å². The fourth-order valence-corrected chi connectivity index (χ4v) is 1.11. The van der Waals surface area contributed by atoms with Crippen molar-refractivity contribution in [1.29, 1.82) is 0 Å². The monoisotopic (exact) mass is 232 g/mol. The van der Waals surface area contributed by atoms with Crippen LogP contribution >= 0.6 is 0 Å². The van der Waals surface area contributed by atoms with E-state index in [1.54, 1.807) is 13.0 Å². The number of halogens is 2. The Morgan fingerprint density at radius 2 is 2.25 bits per heavy atom. The molecular weight excluding hydrogens is 218 g/mol. The maximum Gasteiger partial charge on any atom is 0.261 e. The molecule has 0 atom stereocenters. The van der Waals surface area contributed by atoms with Crippen LogP contribution in [0, 0.1) is 6.92 Å². The van der Waals surface area contributed by atoms with Crippen molar-refractivity contribution in [3.8, 4) is 0 Å². The Labute approximate surface area is 92.0 Å². The molecule has 0 amide bonds. The third kappa shape index (κ3) is 4.83. The molecule has 1 aromatic heterocycles. The zero-order chi connectivity index (χ0) is 12.0. The molecule has 0 aliphatic heterocycles. The molecule has 0 aliphatic carbocycles. The molecule has 0 radical (unpaired) electrons. The van der Waals surface area contributed by atoms with E-state index >= 15 is 0 Å². The van der Waals surface area contributed by atoms with Gasteiger partial charge in [0.25, 0.3) is 6.43 Å². The summed E-state index contributed by atoms with van der Waals surface area (Å²) in [7, 11) is 0. The SMILES string of the molecule is Cc1cc(NCCOCC(F)F)nc(N)n1. The molecule has 0 bridgehead atoms. The highest BCUT2D eigenvalue weighted by Crippen LogP contribution is 2.06. The van der Waals surface area contributed by atoms with E-state index in [0.29, 0.717) is 12.4 Å². The third-order valence-electron chi connectivity index (χ3n) is 1.67. The number of nitrogen functional groups attached to an aromatic ring is 1. The maximum atomic E-state index is 11.7. The second-order valence-electron chi connectivity index (χ2n) is 3.15. The Bertz CT molecular complexity index is 315. The lowest BCUT2D eigenvalue weighted by atomic mass is 10.4. The fraction of sp³-hybridized carbons (Fsp3) is 0.556. The molecule has 16 heavy (non-hydrogen) atoms. The molecule has 0 aromatic carbocycles. The number of anilines is 2. The Morgan fingerprint density at radius 3 is 2.88 bits per heavy atom. The van der Waals surface area contributed by atoms with E-state index in [0.717, 1.165) is 5.69 Å². The van der Waals surface area contributed by atoms with Gasteiger partial charge in [-0.25, -0.2) is 13.8 Å². The summed E-state index contributed by atoms with van der Waals surface area (Å²) in [5.41, 5.74) is 6.18. The van der Waals surface area contributed by atoms with Crippen LogP contribution in [-0.4, -0.2) is 36.2 Å². The Balaban J connectivity index is 2.26. The summed E-state index contributed by atoms with van der Waals surface area (Å²) in [4.78, 5) is 7.82. The number of aromatic nitrogens is 2. The topological polar surface area (TPSA) is 73.1 Å². The van der Waals surface area contributed by atoms with E-state index in [1.165, 1.54) is 0 Å². The van der Waals surface area contributed by atoms with Gasteiger partial charge >= 0.3 is 0 Å². The van der Waals surface area contributed by atoms with Crippen molar-refractivity contribution in [1.82, 2.24) is 9.97 Å². The number of alkyl halides is 2. The van der Waals surface area contributed by atoms with Crippen LogP contribution in [0.2, 0.25) is 0 Å². The number of nitrogens with two attached hydrogens (primary N) is 1. The van der Waals surface area contributed by atoms with Crippen molar-refractivity contribution >= 4 is 11.8 Å². The molecule has 90 valence electrons. The van der Waals surface area contributed by atoms with Gasteiger partial charge in [0.05, 0.1) is 6.61 Å². The lowest BCUT2D eigenvalue weighted by Gasteiger charge is -2.07. The van der Waals surface area contributed by atoms with Gasteiger partial charge in [0.2, 0.25) is 5.95 Å². The summed E-state index contributed by atoms with van der Waals surface area (Å²) in [5.74, 6) is 0.738. The minimum Gasteiger partial charge on any atom is -0.374 e. The first kappa shape index (κ1) is 12.6. The van der Waals surface area contributed by atoms with Crippen LogP contribution < -0.4 is 11.1 Å². The summed E-state index contributed by atoms with van der Waals surface area (Å²) in [6.07, 6.45) is -2.43. The highest BCUT2D eigenvalue weighted by molar-refractivity contribution is 5.39. The number of nitrogens with one attached hydrogen (secondary N) is 1. The smallest absolute Gasteiger partial charge is 0.261 e. The van der Waals surface area contributed by atoms with E-state index in [9.17, 15) is 8.78 Å². The summed E-state index contributed by atoms with van der Waals surface area (Å²) < 4.78 is 28.1. The van der Waals surface area contributed by atoms with Gasteiger partial charge in [0.1, 0.15) is 12.4 Å². The maximum absolute atomic E-state index is 11.7. The molecule has 5 nitrogen and oxygen atoms in total. The van der Waals surface area contributed by atoms with E-state index in [2.05, 4.69) is 15.3 Å². The average molecular weight is 232 g/mol. The minimum absolute atomic E-state index is 0.177. The van der Waals surface area contributed by atoms with E-state index < -0.39 is 13.0 Å². The van der Waals surface area contributed by atoms with Crippen LogP contribution in [-0.2, 0) is 4.74 Å². The lowest BCUT2D eigenvalue weighted by molar-refractivity contribution is 0.0215. The number of hydrogen-bond acceptors (Lipinski definition) is 5. The summed E-state index contributed by atoms with van der Waals surface area (Å²) in [6, 6.07) is 1.71. The average Bonchev–Trinajstić information content (AvgIpc) is 2.15. The van der Waals surface area contributed by atoms with Crippen LogP contribution in [0.15, 0.2) is 6.07 Å². The van der Waals surface area contributed by atoms with Crippen LogP contribution in [0.3, 0.4) is 0 Å². The number of nitrogens with zero attached hydrogens (tertiary/aromatic N) is 2. The standard InChI is InChI=1S/C9H14F2N4O/c1-6-4-8(15-9(12)14-6)13-2-3-16-5-7(10)11/h4,7H,2-3,5H2,1H3,(H3,12,13,14,15).